The highest BCUT2D eigenvalue weighted by Crippen LogP contribution is 1.96. The van der Waals surface area contributed by atoms with Gasteiger partial charge in [-0.05, 0) is 20.8 Å². The van der Waals surface area contributed by atoms with Crippen molar-refractivity contribution in [2.24, 2.45) is 5.92 Å². The second-order valence-corrected chi connectivity index (χ2v) is 3.14. The minimum Gasteiger partial charge on any atom is -0.450 e. The van der Waals surface area contributed by atoms with Crippen LogP contribution in [-0.2, 0) is 19.1 Å². The molecule has 0 aliphatic heterocycles. The van der Waals surface area contributed by atoms with Crippen molar-refractivity contribution in [1.29, 1.82) is 0 Å². The molecule has 0 spiro atoms. The molecule has 4 amide bonds. The minimum atomic E-state index is -1.22. The van der Waals surface area contributed by atoms with Gasteiger partial charge in [0.1, 0.15) is 5.92 Å². The first-order chi connectivity index (χ1) is 8.42. The SMILES string of the molecule is CCOC(=O)NC(=O)C(C)C(=O)NC(=O)OCC. The summed E-state index contributed by atoms with van der Waals surface area (Å²) in [4.78, 5) is 44.6. The summed E-state index contributed by atoms with van der Waals surface area (Å²) in [6.07, 6.45) is -1.89. The number of imide groups is 2. The highest BCUT2D eigenvalue weighted by Gasteiger charge is 2.25. The quantitative estimate of drug-likeness (QED) is 0.697. The van der Waals surface area contributed by atoms with Gasteiger partial charge >= 0.3 is 12.2 Å². The molecule has 0 unspecified atom stereocenters. The van der Waals surface area contributed by atoms with Crippen LogP contribution in [0.1, 0.15) is 20.8 Å². The molecule has 0 radical (unpaired) electrons. The molecular weight excluding hydrogens is 244 g/mol. The maximum Gasteiger partial charge on any atom is 0.413 e. The Morgan fingerprint density at radius 2 is 1.22 bits per heavy atom. The molecule has 0 saturated carbocycles. The van der Waals surface area contributed by atoms with E-state index < -0.39 is 29.9 Å². The van der Waals surface area contributed by atoms with Crippen molar-refractivity contribution in [2.45, 2.75) is 20.8 Å². The molecule has 0 aliphatic rings. The van der Waals surface area contributed by atoms with Crippen molar-refractivity contribution in [2.75, 3.05) is 13.2 Å². The number of carbonyl (C=O) groups excluding carboxylic acids is 4. The zero-order valence-electron chi connectivity index (χ0n) is 10.4. The smallest absolute Gasteiger partial charge is 0.413 e. The van der Waals surface area contributed by atoms with Crippen molar-refractivity contribution in [1.82, 2.24) is 10.6 Å². The molecule has 2 N–H and O–H groups in total. The number of hydrogen-bond acceptors (Lipinski definition) is 6. The van der Waals surface area contributed by atoms with Gasteiger partial charge in [-0.15, -0.1) is 0 Å². The van der Waals surface area contributed by atoms with E-state index in [0.717, 1.165) is 0 Å². The summed E-state index contributed by atoms with van der Waals surface area (Å²) >= 11 is 0. The fourth-order valence-corrected chi connectivity index (χ4v) is 0.871. The third-order valence-electron chi connectivity index (χ3n) is 1.79. The predicted molar refractivity (Wildman–Crippen MR) is 59.5 cm³/mol. The molecule has 0 rings (SSSR count). The molecular formula is C10H16N2O6. The molecule has 0 saturated heterocycles. The summed E-state index contributed by atoms with van der Waals surface area (Å²) in [5.74, 6) is -2.95. The van der Waals surface area contributed by atoms with Gasteiger partial charge in [0.2, 0.25) is 11.8 Å². The molecule has 0 heterocycles. The average Bonchev–Trinajstić information content (AvgIpc) is 2.28. The molecule has 102 valence electrons. The molecule has 0 aromatic rings. The van der Waals surface area contributed by atoms with Crippen molar-refractivity contribution in [3.8, 4) is 0 Å². The van der Waals surface area contributed by atoms with Gasteiger partial charge in [0, 0.05) is 0 Å². The first kappa shape index (κ1) is 15.9. The first-order valence-corrected chi connectivity index (χ1v) is 5.37. The van der Waals surface area contributed by atoms with E-state index in [1.807, 2.05) is 10.6 Å². The maximum atomic E-state index is 11.4. The van der Waals surface area contributed by atoms with Gasteiger partial charge in [-0.3, -0.25) is 20.2 Å². The van der Waals surface area contributed by atoms with Gasteiger partial charge in [-0.1, -0.05) is 0 Å². The Balaban J connectivity index is 4.24. The van der Waals surface area contributed by atoms with Crippen LogP contribution in [0, 0.1) is 5.92 Å². The molecule has 0 aromatic carbocycles. The van der Waals surface area contributed by atoms with Crippen LogP contribution in [0.5, 0.6) is 0 Å². The van der Waals surface area contributed by atoms with Crippen molar-refractivity contribution >= 4 is 24.0 Å². The fourth-order valence-electron chi connectivity index (χ4n) is 0.871. The van der Waals surface area contributed by atoms with E-state index in [4.69, 9.17) is 0 Å². The molecule has 18 heavy (non-hydrogen) atoms. The molecule has 8 nitrogen and oxygen atoms in total. The third-order valence-corrected chi connectivity index (χ3v) is 1.79. The second kappa shape index (κ2) is 8.04. The molecule has 8 heteroatoms. The Morgan fingerprint density at radius 1 is 0.889 bits per heavy atom. The topological polar surface area (TPSA) is 111 Å². The van der Waals surface area contributed by atoms with Crippen LogP contribution in [-0.4, -0.2) is 37.2 Å². The predicted octanol–water partition coefficient (Wildman–Crippen LogP) is 0.168. The van der Waals surface area contributed by atoms with Gasteiger partial charge in [-0.2, -0.15) is 0 Å². The molecule has 0 aromatic heterocycles. The molecule has 0 fully saturated rings. The number of ether oxygens (including phenoxy) is 2. The van der Waals surface area contributed by atoms with Crippen molar-refractivity contribution in [3.05, 3.63) is 0 Å². The average molecular weight is 260 g/mol. The van der Waals surface area contributed by atoms with Crippen LogP contribution in [0.15, 0.2) is 0 Å². The lowest BCUT2D eigenvalue weighted by molar-refractivity contribution is -0.133. The highest BCUT2D eigenvalue weighted by molar-refractivity contribution is 6.08. The second-order valence-electron chi connectivity index (χ2n) is 3.14. The summed E-state index contributed by atoms with van der Waals surface area (Å²) in [6.45, 7) is 4.58. The van der Waals surface area contributed by atoms with Gasteiger partial charge in [0.25, 0.3) is 0 Å². The molecule has 0 atom stereocenters. The summed E-state index contributed by atoms with van der Waals surface area (Å²) in [5.41, 5.74) is 0. The lowest BCUT2D eigenvalue weighted by Gasteiger charge is -2.10. The summed E-state index contributed by atoms with van der Waals surface area (Å²) in [5, 5.41) is 3.71. The summed E-state index contributed by atoms with van der Waals surface area (Å²) in [7, 11) is 0. The Hall–Kier alpha value is -2.12. The normalized spacial score (nSPS) is 9.56. The maximum absolute atomic E-state index is 11.4. The summed E-state index contributed by atoms with van der Waals surface area (Å²) < 4.78 is 8.94. The lowest BCUT2D eigenvalue weighted by Crippen LogP contribution is -2.44. The number of amides is 4. The van der Waals surface area contributed by atoms with E-state index >= 15 is 0 Å². The Bertz CT molecular complexity index is 309. The van der Waals surface area contributed by atoms with Crippen LogP contribution in [0.25, 0.3) is 0 Å². The van der Waals surface area contributed by atoms with Crippen LogP contribution >= 0.6 is 0 Å². The van der Waals surface area contributed by atoms with Crippen LogP contribution in [0.2, 0.25) is 0 Å². The summed E-state index contributed by atoms with van der Waals surface area (Å²) in [6, 6.07) is 0. The Kier molecular flexibility index (Phi) is 7.10. The van der Waals surface area contributed by atoms with Crippen molar-refractivity contribution in [3.63, 3.8) is 0 Å². The van der Waals surface area contributed by atoms with E-state index in [1.165, 1.54) is 6.92 Å². The van der Waals surface area contributed by atoms with Gasteiger partial charge in [-0.25, -0.2) is 9.59 Å². The van der Waals surface area contributed by atoms with Crippen LogP contribution in [0.4, 0.5) is 9.59 Å². The van der Waals surface area contributed by atoms with E-state index in [0.29, 0.717) is 0 Å². The number of rotatable bonds is 4. The third kappa shape index (κ3) is 5.83. The van der Waals surface area contributed by atoms with Gasteiger partial charge in [0.15, 0.2) is 0 Å². The molecule has 0 bridgehead atoms. The number of hydrogen-bond donors (Lipinski definition) is 2. The van der Waals surface area contributed by atoms with Gasteiger partial charge in [0.05, 0.1) is 13.2 Å². The van der Waals surface area contributed by atoms with E-state index in [-0.39, 0.29) is 13.2 Å². The molecule has 0 aliphatic carbocycles. The van der Waals surface area contributed by atoms with Crippen LogP contribution in [0.3, 0.4) is 0 Å². The standard InChI is InChI=1S/C10H16N2O6/c1-4-17-9(15)11-7(13)6(3)8(14)12-10(16)18-5-2/h6H,4-5H2,1-3H3,(H,11,13,15)(H,12,14,16). The monoisotopic (exact) mass is 260 g/mol. The Labute approximate surface area is 104 Å². The van der Waals surface area contributed by atoms with E-state index in [1.54, 1.807) is 13.8 Å². The lowest BCUT2D eigenvalue weighted by atomic mass is 10.1. The largest absolute Gasteiger partial charge is 0.450 e. The Morgan fingerprint density at radius 3 is 1.50 bits per heavy atom. The van der Waals surface area contributed by atoms with Crippen molar-refractivity contribution < 1.29 is 28.7 Å². The zero-order valence-corrected chi connectivity index (χ0v) is 10.4. The highest BCUT2D eigenvalue weighted by atomic mass is 16.6. The van der Waals surface area contributed by atoms with Gasteiger partial charge < -0.3 is 9.47 Å². The fraction of sp³-hybridized carbons (Fsp3) is 0.600. The first-order valence-electron chi connectivity index (χ1n) is 5.37. The minimum absolute atomic E-state index is 0.0997. The number of nitrogens with one attached hydrogen (secondary N) is 2. The zero-order chi connectivity index (χ0) is 14.1. The number of alkyl carbamates (subject to hydrolysis) is 2. The van der Waals surface area contributed by atoms with E-state index in [2.05, 4.69) is 9.47 Å². The number of carbonyl (C=O) groups is 4. The van der Waals surface area contributed by atoms with E-state index in [9.17, 15) is 19.2 Å². The van der Waals surface area contributed by atoms with Crippen LogP contribution < -0.4 is 10.6 Å².